The molecule has 0 amide bonds. The van der Waals surface area contributed by atoms with Gasteiger partial charge < -0.3 is 14.9 Å². The van der Waals surface area contributed by atoms with Gasteiger partial charge in [0.05, 0.1) is 17.8 Å². The monoisotopic (exact) mass is 484 g/mol. The number of aliphatic hydroxyl groups is 2. The van der Waals surface area contributed by atoms with Gasteiger partial charge in [-0.05, 0) is 56.3 Å². The standard InChI is InChI=1S/C30H44O5/c1-16(2)11-17-13-29(7,34)24-21(35-17)14-27(5)22-10-9-18-19(12-20(31)25(33)26(18,3)4)30(22,8)23(32)15-28(24,27)6/h9,11,17,19,21-22,24-25,33-34H,10,12-15H2,1-8H3/t17-,19+,21+,22-,24-,25+,27-,28+,29-,30-/m0/s1. The van der Waals surface area contributed by atoms with Crippen molar-refractivity contribution in [1.29, 1.82) is 0 Å². The third kappa shape index (κ3) is 3.10. The molecule has 4 aliphatic carbocycles. The molecule has 5 nitrogen and oxygen atoms in total. The Hall–Kier alpha value is -1.30. The van der Waals surface area contributed by atoms with Gasteiger partial charge in [-0.25, -0.2) is 0 Å². The van der Waals surface area contributed by atoms with Crippen molar-refractivity contribution >= 4 is 11.6 Å². The molecule has 4 fully saturated rings. The van der Waals surface area contributed by atoms with E-state index in [-0.39, 0.29) is 53.4 Å². The minimum Gasteiger partial charge on any atom is -0.390 e. The number of fused-ring (bicyclic) bond motifs is 7. The first-order valence-electron chi connectivity index (χ1n) is 13.5. The van der Waals surface area contributed by atoms with E-state index in [1.807, 2.05) is 20.8 Å². The molecule has 0 unspecified atom stereocenters. The average Bonchev–Trinajstić information content (AvgIpc) is 2.93. The molecule has 0 spiro atoms. The van der Waals surface area contributed by atoms with Gasteiger partial charge in [-0.3, -0.25) is 9.59 Å². The summed E-state index contributed by atoms with van der Waals surface area (Å²) in [6, 6.07) is 0. The van der Waals surface area contributed by atoms with Crippen molar-refractivity contribution < 1.29 is 24.5 Å². The highest BCUT2D eigenvalue weighted by Crippen LogP contribution is 2.75. The molecule has 5 aliphatic rings. The fourth-order valence-electron chi connectivity index (χ4n) is 9.82. The summed E-state index contributed by atoms with van der Waals surface area (Å²) in [4.78, 5) is 27.2. The van der Waals surface area contributed by atoms with Gasteiger partial charge in [0.1, 0.15) is 11.9 Å². The molecule has 35 heavy (non-hydrogen) atoms. The van der Waals surface area contributed by atoms with Gasteiger partial charge in [-0.2, -0.15) is 0 Å². The number of Topliss-reactive ketones (excluding diaryl/α,β-unsaturated/α-hetero) is 2. The Bertz CT molecular complexity index is 1030. The lowest BCUT2D eigenvalue weighted by atomic mass is 9.38. The quantitative estimate of drug-likeness (QED) is 0.523. The number of hydrogen-bond donors (Lipinski definition) is 2. The Morgan fingerprint density at radius 2 is 1.71 bits per heavy atom. The highest BCUT2D eigenvalue weighted by Gasteiger charge is 2.75. The van der Waals surface area contributed by atoms with Crippen LogP contribution in [0.1, 0.15) is 87.5 Å². The van der Waals surface area contributed by atoms with Crippen molar-refractivity contribution in [1.82, 2.24) is 0 Å². The SMILES string of the molecule is CC(C)=C[C@H]1C[C@](C)(O)[C@H]2[C@@H](C[C@@]3(C)[C@@H]4CC=C5[C@@H](CC(=O)[C@@H](O)C5(C)C)[C@]4(C)C(=O)C[C@]23C)O1. The smallest absolute Gasteiger partial charge is 0.162 e. The molecule has 3 saturated carbocycles. The molecule has 1 heterocycles. The highest BCUT2D eigenvalue weighted by molar-refractivity contribution is 5.92. The first kappa shape index (κ1) is 25.4. The summed E-state index contributed by atoms with van der Waals surface area (Å²) in [7, 11) is 0. The summed E-state index contributed by atoms with van der Waals surface area (Å²) in [5, 5.41) is 22.5. The summed E-state index contributed by atoms with van der Waals surface area (Å²) >= 11 is 0. The molecule has 1 saturated heterocycles. The molecule has 5 rings (SSSR count). The topological polar surface area (TPSA) is 83.8 Å². The van der Waals surface area contributed by atoms with Crippen LogP contribution in [0, 0.1) is 39.4 Å². The van der Waals surface area contributed by atoms with Crippen LogP contribution in [0.3, 0.4) is 0 Å². The van der Waals surface area contributed by atoms with Crippen LogP contribution in [0.2, 0.25) is 0 Å². The second-order valence-electron chi connectivity index (χ2n) is 14.2. The minimum absolute atomic E-state index is 0.0562. The van der Waals surface area contributed by atoms with Crippen LogP contribution >= 0.6 is 0 Å². The summed E-state index contributed by atoms with van der Waals surface area (Å²) < 4.78 is 6.65. The molecule has 2 N–H and O–H groups in total. The third-order valence-electron chi connectivity index (χ3n) is 11.6. The Balaban J connectivity index is 1.61. The highest BCUT2D eigenvalue weighted by atomic mass is 16.5. The van der Waals surface area contributed by atoms with E-state index < -0.39 is 27.9 Å². The van der Waals surface area contributed by atoms with E-state index in [4.69, 9.17) is 4.74 Å². The number of hydrogen-bond acceptors (Lipinski definition) is 5. The maximum atomic E-state index is 14.3. The summed E-state index contributed by atoms with van der Waals surface area (Å²) in [5.41, 5.74) is -0.614. The van der Waals surface area contributed by atoms with Crippen molar-refractivity contribution in [3.8, 4) is 0 Å². The summed E-state index contributed by atoms with van der Waals surface area (Å²) in [6.07, 6.45) is 5.82. The number of carbonyl (C=O) groups is 2. The lowest BCUT2D eigenvalue weighted by Crippen LogP contribution is -2.65. The molecule has 0 bridgehead atoms. The van der Waals surface area contributed by atoms with Crippen LogP contribution in [-0.4, -0.2) is 45.7 Å². The summed E-state index contributed by atoms with van der Waals surface area (Å²) in [6.45, 7) is 16.6. The predicted molar refractivity (Wildman–Crippen MR) is 134 cm³/mol. The molecule has 10 atom stereocenters. The van der Waals surface area contributed by atoms with Gasteiger partial charge in [-0.1, -0.05) is 57.9 Å². The van der Waals surface area contributed by atoms with Gasteiger partial charge in [0.25, 0.3) is 0 Å². The second kappa shape index (κ2) is 7.39. The Labute approximate surface area is 210 Å². The Kier molecular flexibility index (Phi) is 5.35. The number of rotatable bonds is 1. The maximum absolute atomic E-state index is 14.3. The van der Waals surface area contributed by atoms with E-state index in [1.54, 1.807) is 0 Å². The van der Waals surface area contributed by atoms with Gasteiger partial charge in [0.2, 0.25) is 0 Å². The normalized spacial score (nSPS) is 52.6. The van der Waals surface area contributed by atoms with Crippen molar-refractivity contribution in [2.75, 3.05) is 0 Å². The van der Waals surface area contributed by atoms with E-state index in [1.165, 1.54) is 5.57 Å². The van der Waals surface area contributed by atoms with E-state index in [9.17, 15) is 19.8 Å². The average molecular weight is 485 g/mol. The number of allylic oxidation sites excluding steroid dienone is 2. The second-order valence-corrected chi connectivity index (χ2v) is 14.2. The van der Waals surface area contributed by atoms with E-state index in [0.717, 1.165) is 18.4 Å². The van der Waals surface area contributed by atoms with E-state index in [0.29, 0.717) is 12.8 Å². The van der Waals surface area contributed by atoms with Crippen molar-refractivity contribution in [3.63, 3.8) is 0 Å². The molecule has 5 heteroatoms. The van der Waals surface area contributed by atoms with E-state index >= 15 is 0 Å². The number of ether oxygens (including phenoxy) is 1. The van der Waals surface area contributed by atoms with Gasteiger partial charge in [0, 0.05) is 36.0 Å². The zero-order chi connectivity index (χ0) is 25.9. The molecule has 0 aromatic heterocycles. The minimum atomic E-state index is -1.02. The van der Waals surface area contributed by atoms with Gasteiger partial charge in [-0.15, -0.1) is 0 Å². The zero-order valence-electron chi connectivity index (χ0n) is 22.8. The fraction of sp³-hybridized carbons (Fsp3) is 0.800. The molecular formula is C30H44O5. The van der Waals surface area contributed by atoms with Crippen LogP contribution in [-0.2, 0) is 14.3 Å². The molecule has 0 aromatic rings. The van der Waals surface area contributed by atoms with Crippen molar-refractivity contribution in [2.24, 2.45) is 39.4 Å². The van der Waals surface area contributed by atoms with Crippen LogP contribution in [0.15, 0.2) is 23.3 Å². The van der Waals surface area contributed by atoms with Gasteiger partial charge >= 0.3 is 0 Å². The molecular weight excluding hydrogens is 440 g/mol. The van der Waals surface area contributed by atoms with Crippen molar-refractivity contribution in [3.05, 3.63) is 23.3 Å². The Morgan fingerprint density at radius 1 is 1.06 bits per heavy atom. The molecule has 194 valence electrons. The predicted octanol–water partition coefficient (Wildman–Crippen LogP) is 4.80. The Morgan fingerprint density at radius 3 is 2.34 bits per heavy atom. The lowest BCUT2D eigenvalue weighted by molar-refractivity contribution is -0.200. The maximum Gasteiger partial charge on any atom is 0.162 e. The zero-order valence-corrected chi connectivity index (χ0v) is 22.8. The first-order valence-corrected chi connectivity index (χ1v) is 13.5. The van der Waals surface area contributed by atoms with Crippen LogP contribution < -0.4 is 0 Å². The third-order valence-corrected chi connectivity index (χ3v) is 11.6. The van der Waals surface area contributed by atoms with Crippen LogP contribution in [0.4, 0.5) is 0 Å². The van der Waals surface area contributed by atoms with E-state index in [2.05, 4.69) is 46.8 Å². The van der Waals surface area contributed by atoms with Gasteiger partial charge in [0.15, 0.2) is 5.78 Å². The number of ketones is 2. The largest absolute Gasteiger partial charge is 0.390 e. The number of aliphatic hydroxyl groups excluding tert-OH is 1. The van der Waals surface area contributed by atoms with Crippen molar-refractivity contribution in [2.45, 2.75) is 111 Å². The lowest BCUT2D eigenvalue weighted by Gasteiger charge is -2.64. The van der Waals surface area contributed by atoms with Crippen LogP contribution in [0.5, 0.6) is 0 Å². The fourth-order valence-corrected chi connectivity index (χ4v) is 9.82. The first-order chi connectivity index (χ1) is 16.0. The molecule has 0 aromatic carbocycles. The van der Waals surface area contributed by atoms with Crippen LogP contribution in [0.25, 0.3) is 0 Å². The number of carbonyl (C=O) groups excluding carboxylic acids is 2. The molecule has 1 aliphatic heterocycles. The summed E-state index contributed by atoms with van der Waals surface area (Å²) in [5.74, 6) is -0.182. The molecule has 0 radical (unpaired) electrons.